The van der Waals surface area contributed by atoms with Gasteiger partial charge in [-0.05, 0) is 86.8 Å². The highest BCUT2D eigenvalue weighted by atomic mass is 19.1. The molecule has 3 fully saturated rings. The minimum atomic E-state index is -0.761. The first-order valence-electron chi connectivity index (χ1n) is 10.8. The molecule has 4 rings (SSSR count). The fraction of sp³-hybridized carbons (Fsp3) is 0.739. The van der Waals surface area contributed by atoms with E-state index >= 15 is 0 Å². The van der Waals surface area contributed by atoms with Gasteiger partial charge >= 0.3 is 0 Å². The lowest BCUT2D eigenvalue weighted by Crippen LogP contribution is -2.34. The fourth-order valence-corrected chi connectivity index (χ4v) is 5.53. The molecular weight excluding hydrogens is 343 g/mol. The number of aliphatic hydroxyl groups is 1. The number of benzene rings is 1. The summed E-state index contributed by atoms with van der Waals surface area (Å²) in [5, 5.41) is 11.0. The van der Waals surface area contributed by atoms with E-state index in [0.717, 1.165) is 68.6 Å². The van der Waals surface area contributed by atoms with Gasteiger partial charge in [-0.1, -0.05) is 25.0 Å². The second-order valence-corrected chi connectivity index (χ2v) is 8.91. The van der Waals surface area contributed by atoms with Crippen molar-refractivity contribution in [3.8, 4) is 0 Å². The van der Waals surface area contributed by atoms with Gasteiger partial charge in [0.2, 0.25) is 0 Å². The monoisotopic (exact) mass is 376 g/mol. The molecule has 0 radical (unpaired) electrons. The highest BCUT2D eigenvalue weighted by Crippen LogP contribution is 2.46. The van der Waals surface area contributed by atoms with E-state index < -0.39 is 5.60 Å². The Morgan fingerprint density at radius 1 is 0.852 bits per heavy atom. The zero-order valence-corrected chi connectivity index (χ0v) is 16.2. The van der Waals surface area contributed by atoms with E-state index in [4.69, 9.17) is 9.47 Å². The van der Waals surface area contributed by atoms with Crippen LogP contribution in [0.5, 0.6) is 0 Å². The lowest BCUT2D eigenvalue weighted by atomic mass is 9.66. The minimum Gasteiger partial charge on any atom is -0.385 e. The molecular formula is C23H33FO3. The van der Waals surface area contributed by atoms with E-state index in [1.165, 1.54) is 44.2 Å². The van der Waals surface area contributed by atoms with Crippen LogP contribution in [0.2, 0.25) is 0 Å². The molecule has 1 heterocycles. The Morgan fingerprint density at radius 3 is 2.07 bits per heavy atom. The first-order chi connectivity index (χ1) is 13.1. The Morgan fingerprint density at radius 2 is 1.44 bits per heavy atom. The van der Waals surface area contributed by atoms with Crippen LogP contribution in [0.1, 0.15) is 69.8 Å². The van der Waals surface area contributed by atoms with Gasteiger partial charge in [-0.25, -0.2) is 4.39 Å². The molecule has 1 saturated heterocycles. The summed E-state index contributed by atoms with van der Waals surface area (Å²) >= 11 is 0. The molecule has 27 heavy (non-hydrogen) atoms. The van der Waals surface area contributed by atoms with Crippen molar-refractivity contribution < 1.29 is 19.0 Å². The Balaban J connectivity index is 1.21. The Kier molecular flexibility index (Phi) is 6.15. The van der Waals surface area contributed by atoms with E-state index in [9.17, 15) is 9.50 Å². The summed E-state index contributed by atoms with van der Waals surface area (Å²) in [6.45, 7) is 1.51. The van der Waals surface area contributed by atoms with Crippen LogP contribution in [0.15, 0.2) is 24.3 Å². The second kappa shape index (κ2) is 8.59. The van der Waals surface area contributed by atoms with E-state index in [0.29, 0.717) is 0 Å². The molecule has 1 aliphatic heterocycles. The normalized spacial score (nSPS) is 35.4. The standard InChI is InChI=1S/C23H33FO3/c24-21-8-6-20(7-9-21)23(25)13-11-19(12-14-23)18-4-1-17(2-5-18)3-10-22-26-15-16-27-22/h6-9,17-19,22,25H,1-5,10-16H2. The molecule has 3 nitrogen and oxygen atoms in total. The van der Waals surface area contributed by atoms with Gasteiger partial charge in [0.25, 0.3) is 0 Å². The summed E-state index contributed by atoms with van der Waals surface area (Å²) in [4.78, 5) is 0. The van der Waals surface area contributed by atoms with Crippen molar-refractivity contribution in [1.29, 1.82) is 0 Å². The van der Waals surface area contributed by atoms with Crippen LogP contribution >= 0.6 is 0 Å². The highest BCUT2D eigenvalue weighted by molar-refractivity contribution is 5.23. The Labute approximate surface area is 162 Å². The third-order valence-corrected chi connectivity index (χ3v) is 7.30. The molecule has 0 spiro atoms. The molecule has 0 bridgehead atoms. The fourth-order valence-electron chi connectivity index (χ4n) is 5.53. The number of rotatable bonds is 5. The van der Waals surface area contributed by atoms with E-state index in [1.807, 2.05) is 0 Å². The Hall–Kier alpha value is -0.970. The molecule has 2 saturated carbocycles. The Bertz CT molecular complexity index is 580. The van der Waals surface area contributed by atoms with Gasteiger partial charge in [-0.3, -0.25) is 0 Å². The van der Waals surface area contributed by atoms with Crippen LogP contribution in [0.3, 0.4) is 0 Å². The molecule has 0 aromatic heterocycles. The molecule has 1 N–H and O–H groups in total. The zero-order chi connectivity index (χ0) is 18.7. The summed E-state index contributed by atoms with van der Waals surface area (Å²) in [6.07, 6.45) is 11.4. The lowest BCUT2D eigenvalue weighted by Gasteiger charge is -2.41. The van der Waals surface area contributed by atoms with Crippen LogP contribution in [0, 0.1) is 23.6 Å². The van der Waals surface area contributed by atoms with Crippen LogP contribution < -0.4 is 0 Å². The first kappa shape index (κ1) is 19.4. The molecule has 4 heteroatoms. The van der Waals surface area contributed by atoms with Crippen LogP contribution in [0.4, 0.5) is 4.39 Å². The zero-order valence-electron chi connectivity index (χ0n) is 16.2. The molecule has 0 unspecified atom stereocenters. The maximum Gasteiger partial charge on any atom is 0.157 e. The maximum atomic E-state index is 13.2. The van der Waals surface area contributed by atoms with Crippen LogP contribution in [0.25, 0.3) is 0 Å². The van der Waals surface area contributed by atoms with Gasteiger partial charge < -0.3 is 14.6 Å². The van der Waals surface area contributed by atoms with Gasteiger partial charge in [-0.2, -0.15) is 0 Å². The molecule has 2 aliphatic carbocycles. The van der Waals surface area contributed by atoms with Crippen molar-refractivity contribution in [3.05, 3.63) is 35.6 Å². The van der Waals surface area contributed by atoms with E-state index in [1.54, 1.807) is 12.1 Å². The van der Waals surface area contributed by atoms with Crippen LogP contribution in [-0.4, -0.2) is 24.6 Å². The van der Waals surface area contributed by atoms with Gasteiger partial charge in [0.15, 0.2) is 6.29 Å². The third kappa shape index (κ3) is 4.72. The SMILES string of the molecule is OC1(c2ccc(F)cc2)CCC(C2CCC(CCC3OCCO3)CC2)CC1. The average Bonchev–Trinajstić information content (AvgIpc) is 3.22. The molecule has 150 valence electrons. The van der Waals surface area contributed by atoms with Gasteiger partial charge in [0, 0.05) is 0 Å². The van der Waals surface area contributed by atoms with E-state index in [2.05, 4.69) is 0 Å². The minimum absolute atomic E-state index is 0.0465. The van der Waals surface area contributed by atoms with Crippen molar-refractivity contribution in [2.24, 2.45) is 17.8 Å². The smallest absolute Gasteiger partial charge is 0.157 e. The molecule has 3 aliphatic rings. The molecule has 0 atom stereocenters. The van der Waals surface area contributed by atoms with Crippen molar-refractivity contribution in [1.82, 2.24) is 0 Å². The summed E-state index contributed by atoms with van der Waals surface area (Å²) < 4.78 is 24.3. The van der Waals surface area contributed by atoms with Crippen molar-refractivity contribution in [3.63, 3.8) is 0 Å². The average molecular weight is 377 g/mol. The summed E-state index contributed by atoms with van der Waals surface area (Å²) in [7, 11) is 0. The summed E-state index contributed by atoms with van der Waals surface area (Å²) in [5.41, 5.74) is 0.116. The van der Waals surface area contributed by atoms with Crippen LogP contribution in [-0.2, 0) is 15.1 Å². The van der Waals surface area contributed by atoms with E-state index in [-0.39, 0.29) is 12.1 Å². The van der Waals surface area contributed by atoms with Crippen molar-refractivity contribution >= 4 is 0 Å². The largest absolute Gasteiger partial charge is 0.385 e. The van der Waals surface area contributed by atoms with Gasteiger partial charge in [0.1, 0.15) is 5.82 Å². The quantitative estimate of drug-likeness (QED) is 0.771. The highest BCUT2D eigenvalue weighted by Gasteiger charge is 2.38. The number of hydrogen-bond donors (Lipinski definition) is 1. The lowest BCUT2D eigenvalue weighted by molar-refractivity contribution is -0.0520. The number of ether oxygens (including phenoxy) is 2. The predicted octanol–water partition coefficient (Wildman–Crippen LogP) is 5.16. The molecule has 0 amide bonds. The van der Waals surface area contributed by atoms with Crippen molar-refractivity contribution in [2.75, 3.05) is 13.2 Å². The summed E-state index contributed by atoms with van der Waals surface area (Å²) in [5.74, 6) is 2.15. The first-order valence-corrected chi connectivity index (χ1v) is 10.8. The number of hydrogen-bond acceptors (Lipinski definition) is 3. The second-order valence-electron chi connectivity index (χ2n) is 8.91. The predicted molar refractivity (Wildman–Crippen MR) is 103 cm³/mol. The van der Waals surface area contributed by atoms with Gasteiger partial charge in [0.05, 0.1) is 18.8 Å². The van der Waals surface area contributed by atoms with Crippen molar-refractivity contribution in [2.45, 2.75) is 76.1 Å². The topological polar surface area (TPSA) is 38.7 Å². The molecule has 1 aromatic carbocycles. The van der Waals surface area contributed by atoms with Gasteiger partial charge in [-0.15, -0.1) is 0 Å². The molecule has 1 aromatic rings. The maximum absolute atomic E-state index is 13.2. The number of halogens is 1. The third-order valence-electron chi connectivity index (χ3n) is 7.30. The summed E-state index contributed by atoms with van der Waals surface area (Å²) in [6, 6.07) is 6.42.